The Morgan fingerprint density at radius 1 is 1.30 bits per heavy atom. The van der Waals surface area contributed by atoms with Crippen LogP contribution in [-0.4, -0.2) is 24.9 Å². The second-order valence-electron chi connectivity index (χ2n) is 6.22. The van der Waals surface area contributed by atoms with Crippen LogP contribution in [0.2, 0.25) is 0 Å². The first-order chi connectivity index (χ1) is 10.7. The van der Waals surface area contributed by atoms with E-state index in [9.17, 15) is 9.59 Å². The molecule has 2 aliphatic rings. The fourth-order valence-electron chi connectivity index (χ4n) is 3.17. The zero-order valence-electron chi connectivity index (χ0n) is 13.2. The number of nitrogens with one attached hydrogen (secondary N) is 3. The Morgan fingerprint density at radius 2 is 2.17 bits per heavy atom. The van der Waals surface area contributed by atoms with E-state index in [1.807, 2.05) is 18.2 Å². The van der Waals surface area contributed by atoms with Gasteiger partial charge < -0.3 is 16.0 Å². The van der Waals surface area contributed by atoms with Crippen molar-refractivity contribution in [1.29, 1.82) is 0 Å². The molecule has 2 heterocycles. The minimum atomic E-state index is 0. The van der Waals surface area contributed by atoms with E-state index in [1.54, 1.807) is 0 Å². The number of hydrogen-bond donors (Lipinski definition) is 3. The lowest BCUT2D eigenvalue weighted by Crippen LogP contribution is -2.15. The number of amides is 2. The lowest BCUT2D eigenvalue weighted by atomic mass is 10.0. The minimum Gasteiger partial charge on any atom is -0.326 e. The number of rotatable bonds is 4. The molecule has 126 valence electrons. The summed E-state index contributed by atoms with van der Waals surface area (Å²) < 4.78 is 0. The zero-order valence-corrected chi connectivity index (χ0v) is 14.0. The van der Waals surface area contributed by atoms with Crippen LogP contribution in [0.15, 0.2) is 18.2 Å². The molecule has 3 rings (SSSR count). The maximum Gasteiger partial charge on any atom is 0.224 e. The summed E-state index contributed by atoms with van der Waals surface area (Å²) in [6.07, 6.45) is 4.97. The summed E-state index contributed by atoms with van der Waals surface area (Å²) >= 11 is 0. The smallest absolute Gasteiger partial charge is 0.224 e. The van der Waals surface area contributed by atoms with Gasteiger partial charge in [-0.1, -0.05) is 0 Å². The van der Waals surface area contributed by atoms with Gasteiger partial charge >= 0.3 is 0 Å². The predicted molar refractivity (Wildman–Crippen MR) is 94.1 cm³/mol. The Kier molecular flexibility index (Phi) is 6.42. The second kappa shape index (κ2) is 8.31. The zero-order chi connectivity index (χ0) is 15.4. The first kappa shape index (κ1) is 17.8. The van der Waals surface area contributed by atoms with Crippen LogP contribution in [-0.2, 0) is 16.0 Å². The van der Waals surface area contributed by atoms with Crippen molar-refractivity contribution in [3.63, 3.8) is 0 Å². The van der Waals surface area contributed by atoms with E-state index in [0.29, 0.717) is 18.8 Å². The van der Waals surface area contributed by atoms with Gasteiger partial charge in [0.25, 0.3) is 0 Å². The third-order valence-electron chi connectivity index (χ3n) is 4.46. The highest BCUT2D eigenvalue weighted by Crippen LogP contribution is 2.25. The van der Waals surface area contributed by atoms with Crippen molar-refractivity contribution >= 4 is 35.6 Å². The van der Waals surface area contributed by atoms with E-state index in [0.717, 1.165) is 49.3 Å². The van der Waals surface area contributed by atoms with Crippen molar-refractivity contribution in [2.24, 2.45) is 5.92 Å². The van der Waals surface area contributed by atoms with Crippen LogP contribution in [0.4, 0.5) is 11.4 Å². The standard InChI is InChI=1S/C17H23N3O2.ClH/c21-16-3-1-2-13-10-14(5-6-15(13)20-16)19-17(22)7-4-12-8-9-18-11-12;/h5-6,10,12,18H,1-4,7-9,11H2,(H,19,22)(H,20,21);1H. The van der Waals surface area contributed by atoms with Crippen molar-refractivity contribution in [3.05, 3.63) is 23.8 Å². The maximum absolute atomic E-state index is 12.1. The molecule has 1 fully saturated rings. The van der Waals surface area contributed by atoms with Crippen LogP contribution in [0.5, 0.6) is 0 Å². The maximum atomic E-state index is 12.1. The van der Waals surface area contributed by atoms with Gasteiger partial charge in [-0.05, 0) is 68.5 Å². The van der Waals surface area contributed by atoms with Crippen LogP contribution < -0.4 is 16.0 Å². The van der Waals surface area contributed by atoms with Crippen LogP contribution in [0, 0.1) is 5.92 Å². The summed E-state index contributed by atoms with van der Waals surface area (Å²) in [7, 11) is 0. The van der Waals surface area contributed by atoms with E-state index in [4.69, 9.17) is 0 Å². The van der Waals surface area contributed by atoms with Gasteiger partial charge in [0, 0.05) is 24.2 Å². The van der Waals surface area contributed by atoms with E-state index in [-0.39, 0.29) is 24.2 Å². The van der Waals surface area contributed by atoms with Crippen molar-refractivity contribution in [2.45, 2.75) is 38.5 Å². The molecule has 1 saturated heterocycles. The summed E-state index contributed by atoms with van der Waals surface area (Å²) in [6.45, 7) is 2.11. The molecule has 0 aromatic heterocycles. The minimum absolute atomic E-state index is 0. The molecule has 1 aromatic carbocycles. The number of carbonyl (C=O) groups excluding carboxylic acids is 2. The van der Waals surface area contributed by atoms with E-state index >= 15 is 0 Å². The summed E-state index contributed by atoms with van der Waals surface area (Å²) in [5, 5.41) is 9.21. The molecule has 1 aromatic rings. The molecule has 0 aliphatic carbocycles. The van der Waals surface area contributed by atoms with Gasteiger partial charge in [-0.15, -0.1) is 12.4 Å². The molecule has 0 bridgehead atoms. The van der Waals surface area contributed by atoms with Crippen molar-refractivity contribution in [2.75, 3.05) is 23.7 Å². The van der Waals surface area contributed by atoms with Gasteiger partial charge in [0.15, 0.2) is 0 Å². The topological polar surface area (TPSA) is 70.2 Å². The Balaban J connectivity index is 0.00000192. The molecule has 0 saturated carbocycles. The first-order valence-corrected chi connectivity index (χ1v) is 8.14. The molecular weight excluding hydrogens is 314 g/mol. The van der Waals surface area contributed by atoms with Gasteiger partial charge in [-0.2, -0.15) is 0 Å². The number of halogens is 1. The number of aryl methyl sites for hydroxylation is 1. The molecule has 1 unspecified atom stereocenters. The van der Waals surface area contributed by atoms with Crippen molar-refractivity contribution in [1.82, 2.24) is 5.32 Å². The third-order valence-corrected chi connectivity index (χ3v) is 4.46. The number of fused-ring (bicyclic) bond motifs is 1. The highest BCUT2D eigenvalue weighted by atomic mass is 35.5. The first-order valence-electron chi connectivity index (χ1n) is 8.14. The van der Waals surface area contributed by atoms with Crippen LogP contribution in [0.25, 0.3) is 0 Å². The summed E-state index contributed by atoms with van der Waals surface area (Å²) in [5.41, 5.74) is 2.80. The van der Waals surface area contributed by atoms with Crippen molar-refractivity contribution in [3.8, 4) is 0 Å². The molecule has 5 nitrogen and oxygen atoms in total. The average molecular weight is 338 g/mol. The lowest BCUT2D eigenvalue weighted by molar-refractivity contribution is -0.117. The third kappa shape index (κ3) is 4.94. The molecule has 0 spiro atoms. The molecule has 6 heteroatoms. The van der Waals surface area contributed by atoms with Gasteiger partial charge in [-0.3, -0.25) is 9.59 Å². The molecule has 2 aliphatic heterocycles. The highest BCUT2D eigenvalue weighted by molar-refractivity contribution is 5.94. The summed E-state index contributed by atoms with van der Waals surface area (Å²) in [5.74, 6) is 0.776. The normalized spacial score (nSPS) is 20.0. The fourth-order valence-corrected chi connectivity index (χ4v) is 3.17. The van der Waals surface area contributed by atoms with Crippen LogP contribution in [0.1, 0.15) is 37.7 Å². The fraction of sp³-hybridized carbons (Fsp3) is 0.529. The molecule has 2 amide bonds. The highest BCUT2D eigenvalue weighted by Gasteiger charge is 2.16. The van der Waals surface area contributed by atoms with Gasteiger partial charge in [0.1, 0.15) is 0 Å². The average Bonchev–Trinajstić information content (AvgIpc) is 2.94. The molecule has 1 atom stereocenters. The molecule has 3 N–H and O–H groups in total. The van der Waals surface area contributed by atoms with E-state index in [2.05, 4.69) is 16.0 Å². The summed E-state index contributed by atoms with van der Waals surface area (Å²) in [6, 6.07) is 5.73. The van der Waals surface area contributed by atoms with Gasteiger partial charge in [0.2, 0.25) is 11.8 Å². The van der Waals surface area contributed by atoms with Gasteiger partial charge in [-0.25, -0.2) is 0 Å². The quantitative estimate of drug-likeness (QED) is 0.791. The SMILES string of the molecule is Cl.O=C(CCC1CCNC1)Nc1ccc2c(c1)CCCC(=O)N2. The Morgan fingerprint density at radius 3 is 2.96 bits per heavy atom. The number of carbonyl (C=O) groups is 2. The largest absolute Gasteiger partial charge is 0.326 e. The lowest BCUT2D eigenvalue weighted by Gasteiger charge is -2.11. The second-order valence-corrected chi connectivity index (χ2v) is 6.22. The van der Waals surface area contributed by atoms with E-state index in [1.165, 1.54) is 6.42 Å². The predicted octanol–water partition coefficient (Wildman–Crippen LogP) is 2.71. The van der Waals surface area contributed by atoms with Crippen LogP contribution >= 0.6 is 12.4 Å². The number of hydrogen-bond acceptors (Lipinski definition) is 3. The van der Waals surface area contributed by atoms with Crippen molar-refractivity contribution < 1.29 is 9.59 Å². The Bertz CT molecular complexity index is 571. The monoisotopic (exact) mass is 337 g/mol. The molecule has 0 radical (unpaired) electrons. The number of benzene rings is 1. The summed E-state index contributed by atoms with van der Waals surface area (Å²) in [4.78, 5) is 23.6. The molecule has 23 heavy (non-hydrogen) atoms. The molecular formula is C17H24ClN3O2. The Hall–Kier alpha value is -1.59. The number of anilines is 2. The Labute approximate surface area is 143 Å². The van der Waals surface area contributed by atoms with Crippen LogP contribution in [0.3, 0.4) is 0 Å². The van der Waals surface area contributed by atoms with Gasteiger partial charge in [0.05, 0.1) is 0 Å². The van der Waals surface area contributed by atoms with E-state index < -0.39 is 0 Å².